The van der Waals surface area contributed by atoms with Crippen LogP contribution in [0.25, 0.3) is 0 Å². The molecule has 0 saturated carbocycles. The number of rotatable bonds is 5. The molecule has 142 valence electrons. The second-order valence-electron chi connectivity index (χ2n) is 6.81. The molecule has 1 unspecified atom stereocenters. The monoisotopic (exact) mass is 363 g/mol. The van der Waals surface area contributed by atoms with E-state index < -0.39 is 0 Å². The van der Waals surface area contributed by atoms with Gasteiger partial charge in [-0.05, 0) is 43.7 Å². The standard InChI is InChI=1S/C19H26FN3O3/c1-26-19(25)17-3-2-9-22(17)10-8-18(24)23-13-11-21(12-14-23)16-6-4-15(20)5-7-16/h4-7,17H,2-3,8-14H2,1H3. The number of ether oxygens (including phenoxy) is 1. The van der Waals surface area contributed by atoms with Crippen LogP contribution in [0, 0.1) is 5.82 Å². The molecule has 1 aromatic rings. The molecule has 26 heavy (non-hydrogen) atoms. The SMILES string of the molecule is COC(=O)C1CCCN1CCC(=O)N1CCN(c2ccc(F)cc2)CC1. The van der Waals surface area contributed by atoms with E-state index in [-0.39, 0.29) is 23.7 Å². The minimum absolute atomic E-state index is 0.124. The van der Waals surface area contributed by atoms with Gasteiger partial charge >= 0.3 is 5.97 Å². The van der Waals surface area contributed by atoms with Crippen molar-refractivity contribution in [2.45, 2.75) is 25.3 Å². The minimum Gasteiger partial charge on any atom is -0.468 e. The lowest BCUT2D eigenvalue weighted by molar-refractivity contribution is -0.146. The Hall–Kier alpha value is -2.15. The van der Waals surface area contributed by atoms with Crippen LogP contribution in [0.15, 0.2) is 24.3 Å². The van der Waals surface area contributed by atoms with Gasteiger partial charge in [-0.2, -0.15) is 0 Å². The van der Waals surface area contributed by atoms with E-state index >= 15 is 0 Å². The molecule has 0 radical (unpaired) electrons. The Morgan fingerprint density at radius 1 is 1.12 bits per heavy atom. The summed E-state index contributed by atoms with van der Waals surface area (Å²) in [6.45, 7) is 4.24. The van der Waals surface area contributed by atoms with Gasteiger partial charge in [-0.15, -0.1) is 0 Å². The molecular formula is C19H26FN3O3. The predicted octanol–water partition coefficient (Wildman–Crippen LogP) is 1.50. The van der Waals surface area contributed by atoms with Gasteiger partial charge in [0.15, 0.2) is 0 Å². The number of carbonyl (C=O) groups excluding carboxylic acids is 2. The zero-order chi connectivity index (χ0) is 18.5. The van der Waals surface area contributed by atoms with Gasteiger partial charge in [-0.1, -0.05) is 0 Å². The van der Waals surface area contributed by atoms with Crippen LogP contribution in [0.4, 0.5) is 10.1 Å². The molecule has 2 aliphatic rings. The van der Waals surface area contributed by atoms with E-state index in [1.165, 1.54) is 19.2 Å². The summed E-state index contributed by atoms with van der Waals surface area (Å²) in [6.07, 6.45) is 2.19. The first-order chi connectivity index (χ1) is 12.6. The molecule has 0 aliphatic carbocycles. The third-order valence-electron chi connectivity index (χ3n) is 5.27. The number of piperazine rings is 1. The number of nitrogens with zero attached hydrogens (tertiary/aromatic N) is 3. The van der Waals surface area contributed by atoms with E-state index in [1.54, 1.807) is 12.1 Å². The number of amides is 1. The van der Waals surface area contributed by atoms with Crippen molar-refractivity contribution >= 4 is 17.6 Å². The van der Waals surface area contributed by atoms with Crippen molar-refractivity contribution in [2.24, 2.45) is 0 Å². The summed E-state index contributed by atoms with van der Waals surface area (Å²) in [6, 6.07) is 6.25. The lowest BCUT2D eigenvalue weighted by Crippen LogP contribution is -2.49. The molecule has 0 bridgehead atoms. The molecule has 3 rings (SSSR count). The predicted molar refractivity (Wildman–Crippen MR) is 96.4 cm³/mol. The van der Waals surface area contributed by atoms with Crippen LogP contribution in [-0.4, -0.2) is 74.1 Å². The normalized spacial score (nSPS) is 21.1. The highest BCUT2D eigenvalue weighted by Gasteiger charge is 2.32. The van der Waals surface area contributed by atoms with Crippen LogP contribution in [0.5, 0.6) is 0 Å². The van der Waals surface area contributed by atoms with Crippen molar-refractivity contribution in [3.8, 4) is 0 Å². The highest BCUT2D eigenvalue weighted by atomic mass is 19.1. The van der Waals surface area contributed by atoms with E-state index in [1.807, 2.05) is 4.90 Å². The van der Waals surface area contributed by atoms with Gasteiger partial charge in [0, 0.05) is 44.8 Å². The van der Waals surface area contributed by atoms with Crippen LogP contribution in [0.2, 0.25) is 0 Å². The lowest BCUT2D eigenvalue weighted by atomic mass is 10.2. The summed E-state index contributed by atoms with van der Waals surface area (Å²) in [4.78, 5) is 30.4. The highest BCUT2D eigenvalue weighted by molar-refractivity contribution is 5.78. The summed E-state index contributed by atoms with van der Waals surface area (Å²) in [5.41, 5.74) is 0.983. The van der Waals surface area contributed by atoms with E-state index in [9.17, 15) is 14.0 Å². The molecule has 2 saturated heterocycles. The Morgan fingerprint density at radius 2 is 1.81 bits per heavy atom. The molecule has 7 heteroatoms. The first-order valence-corrected chi connectivity index (χ1v) is 9.18. The van der Waals surface area contributed by atoms with Gasteiger partial charge in [0.2, 0.25) is 5.91 Å². The molecule has 1 aromatic carbocycles. The number of likely N-dealkylation sites (tertiary alicyclic amines) is 1. The van der Waals surface area contributed by atoms with Gasteiger partial charge in [-0.3, -0.25) is 14.5 Å². The maximum Gasteiger partial charge on any atom is 0.323 e. The topological polar surface area (TPSA) is 53.1 Å². The van der Waals surface area contributed by atoms with Crippen molar-refractivity contribution in [3.63, 3.8) is 0 Å². The number of hydrogen-bond acceptors (Lipinski definition) is 5. The summed E-state index contributed by atoms with van der Waals surface area (Å²) in [7, 11) is 1.41. The molecule has 6 nitrogen and oxygen atoms in total. The molecular weight excluding hydrogens is 337 g/mol. The average Bonchev–Trinajstić information content (AvgIpc) is 3.15. The van der Waals surface area contributed by atoms with Crippen molar-refractivity contribution < 1.29 is 18.7 Å². The number of benzene rings is 1. The molecule has 2 fully saturated rings. The average molecular weight is 363 g/mol. The maximum atomic E-state index is 13.0. The molecule has 2 heterocycles. The Kier molecular flexibility index (Phi) is 6.08. The van der Waals surface area contributed by atoms with Gasteiger partial charge in [0.25, 0.3) is 0 Å². The molecule has 0 aromatic heterocycles. The number of esters is 1. The summed E-state index contributed by atoms with van der Waals surface area (Å²) < 4.78 is 17.9. The van der Waals surface area contributed by atoms with Crippen molar-refractivity contribution in [3.05, 3.63) is 30.1 Å². The van der Waals surface area contributed by atoms with E-state index in [4.69, 9.17) is 4.74 Å². The maximum absolute atomic E-state index is 13.0. The fourth-order valence-corrected chi connectivity index (χ4v) is 3.76. The van der Waals surface area contributed by atoms with Crippen LogP contribution in [0.1, 0.15) is 19.3 Å². The van der Waals surface area contributed by atoms with Crippen LogP contribution >= 0.6 is 0 Å². The van der Waals surface area contributed by atoms with Gasteiger partial charge < -0.3 is 14.5 Å². The Balaban J connectivity index is 1.45. The Labute approximate surface area is 153 Å². The molecule has 1 amide bonds. The third kappa shape index (κ3) is 4.33. The lowest BCUT2D eigenvalue weighted by Gasteiger charge is -2.36. The zero-order valence-corrected chi connectivity index (χ0v) is 15.2. The van der Waals surface area contributed by atoms with Crippen molar-refractivity contribution in [2.75, 3.05) is 51.3 Å². The fourth-order valence-electron chi connectivity index (χ4n) is 3.76. The second kappa shape index (κ2) is 8.49. The Morgan fingerprint density at radius 3 is 2.46 bits per heavy atom. The smallest absolute Gasteiger partial charge is 0.323 e. The summed E-state index contributed by atoms with van der Waals surface area (Å²) in [5, 5.41) is 0. The van der Waals surface area contributed by atoms with Crippen LogP contribution in [-0.2, 0) is 14.3 Å². The van der Waals surface area contributed by atoms with Crippen molar-refractivity contribution in [1.82, 2.24) is 9.80 Å². The van der Waals surface area contributed by atoms with Gasteiger partial charge in [-0.25, -0.2) is 4.39 Å². The second-order valence-corrected chi connectivity index (χ2v) is 6.81. The number of methoxy groups -OCH3 is 1. The number of anilines is 1. The van der Waals surface area contributed by atoms with Crippen molar-refractivity contribution in [1.29, 1.82) is 0 Å². The van der Waals surface area contributed by atoms with Crippen LogP contribution < -0.4 is 4.90 Å². The van der Waals surface area contributed by atoms with E-state index in [2.05, 4.69) is 9.80 Å². The quantitative estimate of drug-likeness (QED) is 0.742. The Bertz CT molecular complexity index is 629. The molecule has 0 N–H and O–H groups in total. The van der Waals surface area contributed by atoms with Crippen LogP contribution in [0.3, 0.4) is 0 Å². The highest BCUT2D eigenvalue weighted by Crippen LogP contribution is 2.20. The summed E-state index contributed by atoms with van der Waals surface area (Å²) >= 11 is 0. The largest absolute Gasteiger partial charge is 0.468 e. The zero-order valence-electron chi connectivity index (χ0n) is 15.2. The molecule has 2 aliphatic heterocycles. The van der Waals surface area contributed by atoms with Gasteiger partial charge in [0.1, 0.15) is 11.9 Å². The van der Waals surface area contributed by atoms with E-state index in [0.717, 1.165) is 38.2 Å². The fraction of sp³-hybridized carbons (Fsp3) is 0.579. The number of halogens is 1. The summed E-state index contributed by atoms with van der Waals surface area (Å²) in [5.74, 6) is -0.322. The number of carbonyl (C=O) groups is 2. The van der Waals surface area contributed by atoms with E-state index in [0.29, 0.717) is 26.1 Å². The first-order valence-electron chi connectivity index (χ1n) is 9.18. The first kappa shape index (κ1) is 18.6. The minimum atomic E-state index is -0.241. The van der Waals surface area contributed by atoms with Gasteiger partial charge in [0.05, 0.1) is 7.11 Å². The number of hydrogen-bond donors (Lipinski definition) is 0. The molecule has 1 atom stereocenters. The molecule has 0 spiro atoms. The third-order valence-corrected chi connectivity index (χ3v) is 5.27.